The Morgan fingerprint density at radius 2 is 2.00 bits per heavy atom. The molecule has 0 saturated heterocycles. The number of aromatic nitrogens is 2. The van der Waals surface area contributed by atoms with E-state index in [2.05, 4.69) is 27.2 Å². The molecular formula is C22H22ClN4O4P. The standard InChI is InChI=1S/C22H22ClN4O4P/c1-5-20(28)25-14-7-6-8-15(11-14)31-21-17(23)13-24-22(27-21)26-18-10-9-16(32(3,4)29)12-19(18)30-2/h5-13H,1H2,2-4H3,(H,25,28)(H,24,26,27). The number of ether oxygens (including phenoxy) is 2. The van der Waals surface area contributed by atoms with Gasteiger partial charge in [0.2, 0.25) is 17.7 Å². The maximum absolute atomic E-state index is 12.4. The third-order valence-corrected chi connectivity index (χ3v) is 6.05. The molecule has 0 bridgehead atoms. The van der Waals surface area contributed by atoms with E-state index in [0.717, 1.165) is 0 Å². The first-order chi connectivity index (χ1) is 15.2. The number of hydrogen-bond acceptors (Lipinski definition) is 7. The van der Waals surface area contributed by atoms with Crippen LogP contribution in [0, 0.1) is 0 Å². The number of nitrogens with one attached hydrogen (secondary N) is 2. The minimum Gasteiger partial charge on any atom is -0.495 e. The lowest BCUT2D eigenvalue weighted by molar-refractivity contribution is -0.111. The highest BCUT2D eigenvalue weighted by atomic mass is 35.5. The predicted octanol–water partition coefficient (Wildman–Crippen LogP) is 5.05. The van der Waals surface area contributed by atoms with Crippen LogP contribution < -0.4 is 25.4 Å². The van der Waals surface area contributed by atoms with E-state index in [1.165, 1.54) is 19.4 Å². The molecule has 8 nitrogen and oxygen atoms in total. The number of carbonyl (C=O) groups is 1. The summed E-state index contributed by atoms with van der Waals surface area (Å²) >= 11 is 6.21. The summed E-state index contributed by atoms with van der Waals surface area (Å²) in [5, 5.41) is 6.62. The van der Waals surface area contributed by atoms with Gasteiger partial charge < -0.3 is 24.7 Å². The summed E-state index contributed by atoms with van der Waals surface area (Å²) in [7, 11) is -0.913. The number of hydrogen-bond donors (Lipinski definition) is 2. The number of amides is 1. The zero-order valence-corrected chi connectivity index (χ0v) is 19.4. The van der Waals surface area contributed by atoms with Crippen LogP contribution >= 0.6 is 18.7 Å². The summed E-state index contributed by atoms with van der Waals surface area (Å²) in [6, 6.07) is 12.0. The second-order valence-corrected chi connectivity index (χ2v) is 10.7. The van der Waals surface area contributed by atoms with Gasteiger partial charge in [-0.25, -0.2) is 4.98 Å². The van der Waals surface area contributed by atoms with Crippen molar-refractivity contribution in [2.75, 3.05) is 31.1 Å². The molecule has 3 rings (SSSR count). The lowest BCUT2D eigenvalue weighted by Crippen LogP contribution is -2.07. The second-order valence-electron chi connectivity index (χ2n) is 7.03. The van der Waals surface area contributed by atoms with Crippen molar-refractivity contribution in [2.24, 2.45) is 0 Å². The molecule has 0 atom stereocenters. The van der Waals surface area contributed by atoms with Gasteiger partial charge >= 0.3 is 0 Å². The summed E-state index contributed by atoms with van der Waals surface area (Å²) in [6.45, 7) is 6.81. The SMILES string of the molecule is C=CC(=O)Nc1cccc(Oc2nc(Nc3ccc(P(C)(C)=O)cc3OC)ncc2Cl)c1. The van der Waals surface area contributed by atoms with Crippen LogP contribution in [-0.4, -0.2) is 36.3 Å². The van der Waals surface area contributed by atoms with E-state index in [4.69, 9.17) is 21.1 Å². The Labute approximate surface area is 191 Å². The molecule has 0 spiro atoms. The summed E-state index contributed by atoms with van der Waals surface area (Å²) in [5.74, 6) is 0.928. The van der Waals surface area contributed by atoms with Crippen LogP contribution in [0.3, 0.4) is 0 Å². The first kappa shape index (κ1) is 23.3. The molecule has 2 N–H and O–H groups in total. The van der Waals surface area contributed by atoms with Gasteiger partial charge in [-0.3, -0.25) is 4.79 Å². The van der Waals surface area contributed by atoms with Crippen LogP contribution in [0.25, 0.3) is 0 Å². The highest BCUT2D eigenvalue weighted by Gasteiger charge is 2.16. The third-order valence-electron chi connectivity index (χ3n) is 4.27. The number of methoxy groups -OCH3 is 1. The van der Waals surface area contributed by atoms with Gasteiger partial charge in [0.05, 0.1) is 19.0 Å². The van der Waals surface area contributed by atoms with Crippen LogP contribution in [0.15, 0.2) is 61.3 Å². The van der Waals surface area contributed by atoms with Crippen LogP contribution in [0.2, 0.25) is 5.02 Å². The normalized spacial score (nSPS) is 10.9. The Morgan fingerprint density at radius 3 is 2.69 bits per heavy atom. The minimum atomic E-state index is -2.44. The molecule has 0 saturated carbocycles. The smallest absolute Gasteiger partial charge is 0.247 e. The Kier molecular flexibility index (Phi) is 7.18. The zero-order valence-electron chi connectivity index (χ0n) is 17.8. The number of nitrogens with zero attached hydrogens (tertiary/aromatic N) is 2. The molecule has 166 valence electrons. The van der Waals surface area contributed by atoms with Crippen LogP contribution in [0.5, 0.6) is 17.4 Å². The molecule has 0 aliphatic rings. The number of carbonyl (C=O) groups excluding carboxylic acids is 1. The van der Waals surface area contributed by atoms with E-state index in [9.17, 15) is 9.36 Å². The fraction of sp³-hybridized carbons (Fsp3) is 0.136. The molecule has 1 amide bonds. The van der Waals surface area contributed by atoms with Crippen molar-refractivity contribution in [1.29, 1.82) is 0 Å². The van der Waals surface area contributed by atoms with Crippen molar-refractivity contribution in [3.8, 4) is 17.4 Å². The van der Waals surface area contributed by atoms with E-state index in [1.54, 1.807) is 55.8 Å². The van der Waals surface area contributed by atoms with E-state index in [0.29, 0.717) is 28.2 Å². The van der Waals surface area contributed by atoms with Gasteiger partial charge in [0.1, 0.15) is 23.7 Å². The molecular weight excluding hydrogens is 451 g/mol. The van der Waals surface area contributed by atoms with Gasteiger partial charge in [-0.1, -0.05) is 24.2 Å². The van der Waals surface area contributed by atoms with Gasteiger partial charge in [-0.2, -0.15) is 4.98 Å². The molecule has 2 aromatic carbocycles. The molecule has 0 aliphatic heterocycles. The molecule has 32 heavy (non-hydrogen) atoms. The summed E-state index contributed by atoms with van der Waals surface area (Å²) < 4.78 is 23.6. The monoisotopic (exact) mass is 472 g/mol. The number of halogens is 1. The lowest BCUT2D eigenvalue weighted by Gasteiger charge is -2.14. The zero-order chi connectivity index (χ0) is 23.3. The topological polar surface area (TPSA) is 102 Å². The fourth-order valence-electron chi connectivity index (χ4n) is 2.66. The maximum Gasteiger partial charge on any atom is 0.247 e. The van der Waals surface area contributed by atoms with Crippen molar-refractivity contribution >= 4 is 47.3 Å². The van der Waals surface area contributed by atoms with Crippen molar-refractivity contribution in [1.82, 2.24) is 9.97 Å². The van der Waals surface area contributed by atoms with Gasteiger partial charge in [-0.05, 0) is 49.7 Å². The largest absolute Gasteiger partial charge is 0.495 e. The predicted molar refractivity (Wildman–Crippen MR) is 128 cm³/mol. The second kappa shape index (κ2) is 9.85. The van der Waals surface area contributed by atoms with Crippen molar-refractivity contribution in [2.45, 2.75) is 0 Å². The van der Waals surface area contributed by atoms with E-state index in [1.807, 2.05) is 0 Å². The van der Waals surface area contributed by atoms with E-state index < -0.39 is 7.14 Å². The number of anilines is 3. The lowest BCUT2D eigenvalue weighted by atomic mass is 10.3. The van der Waals surface area contributed by atoms with Gasteiger partial charge in [-0.15, -0.1) is 0 Å². The van der Waals surface area contributed by atoms with Crippen molar-refractivity contribution in [3.63, 3.8) is 0 Å². The van der Waals surface area contributed by atoms with Crippen LogP contribution in [0.4, 0.5) is 17.3 Å². The third kappa shape index (κ3) is 5.87. The summed E-state index contributed by atoms with van der Waals surface area (Å²) in [5.41, 5.74) is 1.12. The molecule has 0 radical (unpaired) electrons. The molecule has 0 unspecified atom stereocenters. The first-order valence-electron chi connectivity index (χ1n) is 9.44. The molecule has 10 heteroatoms. The summed E-state index contributed by atoms with van der Waals surface area (Å²) in [4.78, 5) is 20.0. The molecule has 1 aromatic heterocycles. The van der Waals surface area contributed by atoms with Crippen LogP contribution in [-0.2, 0) is 9.36 Å². The number of benzene rings is 2. The minimum absolute atomic E-state index is 0.124. The van der Waals surface area contributed by atoms with E-state index in [-0.39, 0.29) is 22.8 Å². The Hall–Kier alpha value is -3.35. The van der Waals surface area contributed by atoms with Crippen molar-refractivity contribution in [3.05, 3.63) is 66.3 Å². The summed E-state index contributed by atoms with van der Waals surface area (Å²) in [6.07, 6.45) is 2.58. The van der Waals surface area contributed by atoms with Crippen molar-refractivity contribution < 1.29 is 18.8 Å². The van der Waals surface area contributed by atoms with E-state index >= 15 is 0 Å². The molecule has 0 aliphatic carbocycles. The average Bonchev–Trinajstić information content (AvgIpc) is 2.75. The fourth-order valence-corrected chi connectivity index (χ4v) is 3.66. The number of rotatable bonds is 8. The quantitative estimate of drug-likeness (QED) is 0.349. The Bertz CT molecular complexity index is 1210. The highest BCUT2D eigenvalue weighted by molar-refractivity contribution is 7.70. The van der Waals surface area contributed by atoms with Crippen LogP contribution in [0.1, 0.15) is 0 Å². The van der Waals surface area contributed by atoms with Gasteiger partial charge in [0, 0.05) is 17.1 Å². The highest BCUT2D eigenvalue weighted by Crippen LogP contribution is 2.38. The maximum atomic E-state index is 12.4. The molecule has 1 heterocycles. The Morgan fingerprint density at radius 1 is 1.22 bits per heavy atom. The molecule has 0 fully saturated rings. The average molecular weight is 473 g/mol. The first-order valence-corrected chi connectivity index (χ1v) is 12.4. The van der Waals surface area contributed by atoms with Gasteiger partial charge in [0.15, 0.2) is 0 Å². The van der Waals surface area contributed by atoms with Gasteiger partial charge in [0.25, 0.3) is 0 Å². The Balaban J connectivity index is 1.84. The molecule has 3 aromatic rings.